The largest absolute Gasteiger partial charge is 0.351 e. The lowest BCUT2D eigenvalue weighted by Gasteiger charge is -2.26. The van der Waals surface area contributed by atoms with Gasteiger partial charge in [-0.05, 0) is 32.5 Å². The fraction of sp³-hybridized carbons (Fsp3) is 1.00. The van der Waals surface area contributed by atoms with E-state index in [2.05, 4.69) is 13.8 Å². The molecule has 0 spiro atoms. The van der Waals surface area contributed by atoms with E-state index in [9.17, 15) is 4.57 Å². The molecule has 16 heavy (non-hydrogen) atoms. The van der Waals surface area contributed by atoms with Crippen LogP contribution in [0.25, 0.3) is 0 Å². The van der Waals surface area contributed by atoms with Gasteiger partial charge in [-0.1, -0.05) is 26.7 Å². The Labute approximate surface area is 102 Å². The molecule has 0 aliphatic rings. The minimum atomic E-state index is -2.87. The molecular weight excluding hydrogens is 239 g/mol. The second-order valence-electron chi connectivity index (χ2n) is 5.25. The van der Waals surface area contributed by atoms with Gasteiger partial charge in [0.25, 0.3) is 0 Å². The molecule has 0 bridgehead atoms. The van der Waals surface area contributed by atoms with Crippen LogP contribution in [-0.4, -0.2) is 21.1 Å². The average Bonchev–Trinajstić information content (AvgIpc) is 2.07. The van der Waals surface area contributed by atoms with Gasteiger partial charge in [-0.3, -0.25) is 4.57 Å². The van der Waals surface area contributed by atoms with Crippen LogP contribution in [0.2, 0.25) is 19.6 Å². The number of rotatable bonds is 8. The van der Waals surface area contributed by atoms with Crippen molar-refractivity contribution < 1.29 is 13.3 Å². The quantitative estimate of drug-likeness (QED) is 0.474. The van der Waals surface area contributed by atoms with Crippen molar-refractivity contribution in [1.82, 2.24) is 0 Å². The van der Waals surface area contributed by atoms with E-state index in [-0.39, 0.29) is 6.10 Å². The van der Waals surface area contributed by atoms with Crippen LogP contribution in [0.15, 0.2) is 0 Å². The molecule has 0 aromatic heterocycles. The number of unbranched alkanes of at least 4 members (excludes halogenated alkanes) is 1. The van der Waals surface area contributed by atoms with Crippen molar-refractivity contribution in [2.45, 2.75) is 65.3 Å². The molecule has 0 aromatic rings. The molecule has 0 aromatic carbocycles. The zero-order valence-corrected chi connectivity index (χ0v) is 13.5. The van der Waals surface area contributed by atoms with E-state index in [1.165, 1.54) is 0 Å². The predicted octanol–water partition coefficient (Wildman–Crippen LogP) is 4.65. The van der Waals surface area contributed by atoms with Crippen LogP contribution in [0.5, 0.6) is 0 Å². The first-order chi connectivity index (χ1) is 7.20. The van der Waals surface area contributed by atoms with Gasteiger partial charge in [-0.2, -0.15) is 0 Å². The zero-order chi connectivity index (χ0) is 12.8. The molecule has 0 heterocycles. The summed E-state index contributed by atoms with van der Waals surface area (Å²) in [6.45, 7) is 11.9. The molecule has 0 radical (unpaired) electrons. The lowest BCUT2D eigenvalue weighted by atomic mass is 10.1. The molecule has 2 unspecified atom stereocenters. The van der Waals surface area contributed by atoms with Gasteiger partial charge in [0.05, 0.1) is 6.10 Å². The Kier molecular flexibility index (Phi) is 7.11. The molecule has 5 heteroatoms. The van der Waals surface area contributed by atoms with Crippen LogP contribution < -0.4 is 0 Å². The molecule has 0 aliphatic heterocycles. The summed E-state index contributed by atoms with van der Waals surface area (Å²) < 4.78 is 23.4. The Morgan fingerprint density at radius 3 is 2.19 bits per heavy atom. The van der Waals surface area contributed by atoms with E-state index in [0.717, 1.165) is 25.7 Å². The molecule has 0 saturated carbocycles. The van der Waals surface area contributed by atoms with Gasteiger partial charge in [0.1, 0.15) is 0 Å². The second kappa shape index (κ2) is 6.95. The van der Waals surface area contributed by atoms with E-state index in [1.807, 2.05) is 19.6 Å². The summed E-state index contributed by atoms with van der Waals surface area (Å²) >= 11 is 0. The van der Waals surface area contributed by atoms with Gasteiger partial charge in [0, 0.05) is 6.66 Å². The first-order valence-corrected chi connectivity index (χ1v) is 11.6. The summed E-state index contributed by atoms with van der Waals surface area (Å²) in [5, 5.41) is 0. The predicted molar refractivity (Wildman–Crippen MR) is 72.7 cm³/mol. The van der Waals surface area contributed by atoms with Gasteiger partial charge in [0.15, 0.2) is 8.32 Å². The van der Waals surface area contributed by atoms with Gasteiger partial charge in [0.2, 0.25) is 0 Å². The van der Waals surface area contributed by atoms with Crippen molar-refractivity contribution in [3.05, 3.63) is 0 Å². The molecule has 0 fully saturated rings. The highest BCUT2D eigenvalue weighted by molar-refractivity contribution is 7.54. The van der Waals surface area contributed by atoms with E-state index < -0.39 is 15.9 Å². The second-order valence-corrected chi connectivity index (χ2v) is 12.0. The minimum absolute atomic E-state index is 0.0760. The average molecular weight is 266 g/mol. The lowest BCUT2D eigenvalue weighted by Crippen LogP contribution is -2.25. The standard InChI is InChI=1S/C11H27O3PSi/c1-7-9-10-11(8-2)13-15(3,12)14-16(4,5)6/h11H,7-10H2,1-6H3. The van der Waals surface area contributed by atoms with E-state index in [0.29, 0.717) is 0 Å². The summed E-state index contributed by atoms with van der Waals surface area (Å²) in [5.74, 6) is 0. The fourth-order valence-corrected chi connectivity index (χ4v) is 6.50. The lowest BCUT2D eigenvalue weighted by molar-refractivity contribution is 0.163. The molecule has 98 valence electrons. The van der Waals surface area contributed by atoms with Crippen LogP contribution in [0, 0.1) is 0 Å². The van der Waals surface area contributed by atoms with Crippen molar-refractivity contribution in [3.63, 3.8) is 0 Å². The maximum Gasteiger partial charge on any atom is 0.318 e. The van der Waals surface area contributed by atoms with Crippen LogP contribution in [-0.2, 0) is 13.3 Å². The van der Waals surface area contributed by atoms with Gasteiger partial charge in [-0.15, -0.1) is 0 Å². The molecular formula is C11H27O3PSi. The third-order valence-corrected chi connectivity index (χ3v) is 6.31. The molecule has 0 saturated heterocycles. The highest BCUT2D eigenvalue weighted by Crippen LogP contribution is 2.48. The zero-order valence-electron chi connectivity index (χ0n) is 11.6. The van der Waals surface area contributed by atoms with Crippen LogP contribution in [0.3, 0.4) is 0 Å². The molecule has 3 nitrogen and oxygen atoms in total. The van der Waals surface area contributed by atoms with Crippen LogP contribution in [0.4, 0.5) is 0 Å². The topological polar surface area (TPSA) is 35.5 Å². The Hall–Kier alpha value is 0.367. The Morgan fingerprint density at radius 2 is 1.81 bits per heavy atom. The fourth-order valence-electron chi connectivity index (χ4n) is 1.55. The first-order valence-electron chi connectivity index (χ1n) is 6.17. The van der Waals surface area contributed by atoms with Gasteiger partial charge in [-0.25, -0.2) is 0 Å². The number of hydrogen-bond acceptors (Lipinski definition) is 3. The Bertz CT molecular complexity index is 238. The normalized spacial score (nSPS) is 18.1. The highest BCUT2D eigenvalue weighted by atomic mass is 31.2. The summed E-state index contributed by atoms with van der Waals surface area (Å²) in [6.07, 6.45) is 4.20. The van der Waals surface area contributed by atoms with Crippen molar-refractivity contribution in [2.75, 3.05) is 6.66 Å². The summed E-state index contributed by atoms with van der Waals surface area (Å²) in [5.41, 5.74) is 0. The molecule has 0 N–H and O–H groups in total. The highest BCUT2D eigenvalue weighted by Gasteiger charge is 2.29. The smallest absolute Gasteiger partial charge is 0.318 e. The monoisotopic (exact) mass is 266 g/mol. The van der Waals surface area contributed by atoms with Crippen LogP contribution in [0.1, 0.15) is 39.5 Å². The Balaban J connectivity index is 4.26. The number of hydrogen-bond donors (Lipinski definition) is 0. The SMILES string of the molecule is CCCCC(CC)OP(C)(=O)O[Si](C)(C)C. The van der Waals surface area contributed by atoms with Crippen molar-refractivity contribution >= 4 is 15.9 Å². The summed E-state index contributed by atoms with van der Waals surface area (Å²) in [4.78, 5) is 0. The first kappa shape index (κ1) is 16.4. The van der Waals surface area contributed by atoms with E-state index in [1.54, 1.807) is 6.66 Å². The Morgan fingerprint density at radius 1 is 1.25 bits per heavy atom. The maximum atomic E-state index is 12.2. The molecule has 0 amide bonds. The van der Waals surface area contributed by atoms with Gasteiger partial charge < -0.3 is 8.74 Å². The molecule has 2 atom stereocenters. The van der Waals surface area contributed by atoms with E-state index in [4.69, 9.17) is 8.74 Å². The van der Waals surface area contributed by atoms with Crippen LogP contribution >= 0.6 is 7.60 Å². The third-order valence-electron chi connectivity index (χ3n) is 2.12. The third kappa shape index (κ3) is 8.51. The van der Waals surface area contributed by atoms with Gasteiger partial charge >= 0.3 is 7.60 Å². The minimum Gasteiger partial charge on any atom is -0.351 e. The molecule has 0 aliphatic carbocycles. The summed E-state index contributed by atoms with van der Waals surface area (Å²) in [6, 6.07) is 0. The van der Waals surface area contributed by atoms with E-state index >= 15 is 0 Å². The molecule has 0 rings (SSSR count). The maximum absolute atomic E-state index is 12.2. The van der Waals surface area contributed by atoms with Crippen molar-refractivity contribution in [1.29, 1.82) is 0 Å². The van der Waals surface area contributed by atoms with Crippen molar-refractivity contribution in [2.24, 2.45) is 0 Å². The van der Waals surface area contributed by atoms with Crippen molar-refractivity contribution in [3.8, 4) is 0 Å². The summed E-state index contributed by atoms with van der Waals surface area (Å²) in [7, 11) is -4.66.